The minimum atomic E-state index is -0.819. The van der Waals surface area contributed by atoms with Crippen LogP contribution in [0.1, 0.15) is 252 Å². The molecule has 0 N–H and O–H groups in total. The average molecular weight is 931 g/mol. The first-order chi connectivity index (χ1) is 33.0. The molecule has 0 spiro atoms. The molecule has 0 rings (SSSR count). The zero-order chi connectivity index (χ0) is 48.6. The molecule has 0 aromatic rings. The van der Waals surface area contributed by atoms with Crippen LogP contribution in [0, 0.1) is 0 Å². The second-order valence-corrected chi connectivity index (χ2v) is 18.3. The van der Waals surface area contributed by atoms with Gasteiger partial charge in [-0.25, -0.2) is 0 Å². The van der Waals surface area contributed by atoms with Gasteiger partial charge in [0.15, 0.2) is 6.10 Å². The molecule has 67 heavy (non-hydrogen) atoms. The molecule has 0 radical (unpaired) electrons. The van der Waals surface area contributed by atoms with Crippen LogP contribution in [0.5, 0.6) is 0 Å². The molecule has 0 saturated carbocycles. The Bertz CT molecular complexity index is 1350. The van der Waals surface area contributed by atoms with E-state index in [1.807, 2.05) is 6.08 Å². The summed E-state index contributed by atoms with van der Waals surface area (Å²) in [6, 6.07) is 0. The van der Waals surface area contributed by atoms with Gasteiger partial charge in [-0.1, -0.05) is 240 Å². The molecular weight excluding hydrogens is 829 g/mol. The van der Waals surface area contributed by atoms with Gasteiger partial charge in [-0.3, -0.25) is 14.4 Å². The van der Waals surface area contributed by atoms with E-state index in [4.69, 9.17) is 14.2 Å². The largest absolute Gasteiger partial charge is 0.462 e. The van der Waals surface area contributed by atoms with E-state index >= 15 is 0 Å². The van der Waals surface area contributed by atoms with Gasteiger partial charge in [0.2, 0.25) is 0 Å². The number of ether oxygens (including phenoxy) is 3. The van der Waals surface area contributed by atoms with Crippen molar-refractivity contribution >= 4 is 17.9 Å². The van der Waals surface area contributed by atoms with Crippen molar-refractivity contribution in [3.63, 3.8) is 0 Å². The van der Waals surface area contributed by atoms with E-state index in [-0.39, 0.29) is 37.5 Å². The second-order valence-electron chi connectivity index (χ2n) is 18.3. The third kappa shape index (κ3) is 53.2. The first-order valence-electron chi connectivity index (χ1n) is 27.8. The summed E-state index contributed by atoms with van der Waals surface area (Å²) in [7, 11) is 0. The maximum atomic E-state index is 12.8. The molecule has 0 heterocycles. The molecular formula is C61H102O6. The first-order valence-corrected chi connectivity index (χ1v) is 27.8. The standard InChI is InChI=1S/C61H102O6/c1-4-7-10-13-16-19-22-25-27-29-31-33-36-39-42-45-48-51-54-60(63)66-57-58(56-65-59(62)53-50-47-44-41-38-35-24-21-18-15-12-9-6-3)67-61(64)55-52-49-46-43-40-37-34-32-30-28-26-23-20-17-14-11-8-5-2/h16,19,22,25,27-35,38,44,47,58H,4-15,17-18,20-21,23-24,26,36-37,39-43,45-46,48-57H2,1-3H3/b19-16-,25-22-,29-27-,30-28-,33-31-,34-32-,38-35-,47-44-. The van der Waals surface area contributed by atoms with Gasteiger partial charge in [0.25, 0.3) is 0 Å². The molecule has 382 valence electrons. The molecule has 0 bridgehead atoms. The maximum absolute atomic E-state index is 12.8. The van der Waals surface area contributed by atoms with E-state index in [0.29, 0.717) is 19.3 Å². The zero-order valence-electron chi connectivity index (χ0n) is 43.6. The van der Waals surface area contributed by atoms with Gasteiger partial charge >= 0.3 is 17.9 Å². The molecule has 1 atom stereocenters. The molecule has 0 aliphatic carbocycles. The average Bonchev–Trinajstić information content (AvgIpc) is 3.33. The molecule has 0 aromatic heterocycles. The Labute approximate surface area is 413 Å². The number of unbranched alkanes of at least 4 members (excludes halogenated alkanes) is 26. The van der Waals surface area contributed by atoms with E-state index < -0.39 is 6.10 Å². The summed E-state index contributed by atoms with van der Waals surface area (Å²) in [6.45, 7) is 6.50. The maximum Gasteiger partial charge on any atom is 0.306 e. The predicted molar refractivity (Wildman–Crippen MR) is 288 cm³/mol. The zero-order valence-corrected chi connectivity index (χ0v) is 43.6. The van der Waals surface area contributed by atoms with Crippen LogP contribution in [0.3, 0.4) is 0 Å². The molecule has 0 amide bonds. The fraction of sp³-hybridized carbons (Fsp3) is 0.689. The van der Waals surface area contributed by atoms with Crippen LogP contribution in [0.25, 0.3) is 0 Å². The van der Waals surface area contributed by atoms with Gasteiger partial charge in [0, 0.05) is 19.3 Å². The van der Waals surface area contributed by atoms with Crippen molar-refractivity contribution in [2.24, 2.45) is 0 Å². The third-order valence-corrected chi connectivity index (χ3v) is 11.7. The first kappa shape index (κ1) is 63.3. The van der Waals surface area contributed by atoms with Crippen LogP contribution in [0.4, 0.5) is 0 Å². The summed E-state index contributed by atoms with van der Waals surface area (Å²) in [4.78, 5) is 38.0. The smallest absolute Gasteiger partial charge is 0.306 e. The normalized spacial score (nSPS) is 12.8. The summed E-state index contributed by atoms with van der Waals surface area (Å²) in [5.74, 6) is -1.02. The van der Waals surface area contributed by atoms with Crippen LogP contribution >= 0.6 is 0 Å². The summed E-state index contributed by atoms with van der Waals surface area (Å²) in [6.07, 6.45) is 72.6. The van der Waals surface area contributed by atoms with Crippen LogP contribution in [0.2, 0.25) is 0 Å². The van der Waals surface area contributed by atoms with Crippen molar-refractivity contribution in [1.82, 2.24) is 0 Å². The Morgan fingerprint density at radius 3 is 1.09 bits per heavy atom. The molecule has 6 nitrogen and oxygen atoms in total. The van der Waals surface area contributed by atoms with E-state index in [0.717, 1.165) is 96.3 Å². The lowest BCUT2D eigenvalue weighted by molar-refractivity contribution is -0.166. The second kappa shape index (κ2) is 54.9. The Morgan fingerprint density at radius 2 is 0.627 bits per heavy atom. The van der Waals surface area contributed by atoms with Crippen molar-refractivity contribution < 1.29 is 28.6 Å². The highest BCUT2D eigenvalue weighted by Gasteiger charge is 2.19. The van der Waals surface area contributed by atoms with Crippen molar-refractivity contribution in [3.8, 4) is 0 Å². The predicted octanol–water partition coefficient (Wildman–Crippen LogP) is 18.5. The van der Waals surface area contributed by atoms with Gasteiger partial charge in [-0.2, -0.15) is 0 Å². The SMILES string of the molecule is CCCCC\C=C/C=C\C=C/C=C\CCCCCCCC(=O)OCC(COC(=O)CC/C=C\C/C=C\CCCCCCCC)OC(=O)CCCCCCC/C=C\C=C/CCCCCCCCC. The number of carbonyl (C=O) groups is 3. The molecule has 0 aliphatic heterocycles. The Balaban J connectivity index is 4.52. The highest BCUT2D eigenvalue weighted by Crippen LogP contribution is 2.13. The lowest BCUT2D eigenvalue weighted by atomic mass is 10.1. The van der Waals surface area contributed by atoms with Crippen molar-refractivity contribution in [1.29, 1.82) is 0 Å². The fourth-order valence-electron chi connectivity index (χ4n) is 7.44. The summed E-state index contributed by atoms with van der Waals surface area (Å²) < 4.78 is 16.7. The van der Waals surface area contributed by atoms with E-state index in [2.05, 4.69) is 112 Å². The Kier molecular flexibility index (Phi) is 51.9. The highest BCUT2D eigenvalue weighted by atomic mass is 16.6. The number of carbonyl (C=O) groups excluding carboxylic acids is 3. The quantitative estimate of drug-likeness (QED) is 0.0199. The molecule has 0 aromatic carbocycles. The van der Waals surface area contributed by atoms with Gasteiger partial charge < -0.3 is 14.2 Å². The Hall–Kier alpha value is -3.67. The summed E-state index contributed by atoms with van der Waals surface area (Å²) >= 11 is 0. The number of allylic oxidation sites excluding steroid dienone is 16. The van der Waals surface area contributed by atoms with Crippen LogP contribution in [0.15, 0.2) is 97.2 Å². The summed E-state index contributed by atoms with van der Waals surface area (Å²) in [5, 5.41) is 0. The fourth-order valence-corrected chi connectivity index (χ4v) is 7.44. The molecule has 0 fully saturated rings. The topological polar surface area (TPSA) is 78.9 Å². The van der Waals surface area contributed by atoms with E-state index in [9.17, 15) is 14.4 Å². The van der Waals surface area contributed by atoms with Gasteiger partial charge in [-0.05, 0) is 89.9 Å². The lowest BCUT2D eigenvalue weighted by Gasteiger charge is -2.18. The lowest BCUT2D eigenvalue weighted by Crippen LogP contribution is -2.30. The van der Waals surface area contributed by atoms with E-state index in [1.54, 1.807) is 0 Å². The van der Waals surface area contributed by atoms with Crippen LogP contribution in [-0.4, -0.2) is 37.2 Å². The number of hydrogen-bond donors (Lipinski definition) is 0. The van der Waals surface area contributed by atoms with Crippen molar-refractivity contribution in [2.45, 2.75) is 258 Å². The van der Waals surface area contributed by atoms with Crippen molar-refractivity contribution in [2.75, 3.05) is 13.2 Å². The minimum absolute atomic E-state index is 0.114. The Morgan fingerprint density at radius 1 is 0.313 bits per heavy atom. The minimum Gasteiger partial charge on any atom is -0.462 e. The monoisotopic (exact) mass is 931 g/mol. The third-order valence-electron chi connectivity index (χ3n) is 11.7. The van der Waals surface area contributed by atoms with Gasteiger partial charge in [0.1, 0.15) is 13.2 Å². The van der Waals surface area contributed by atoms with E-state index in [1.165, 1.54) is 109 Å². The number of rotatable bonds is 49. The number of hydrogen-bond acceptors (Lipinski definition) is 6. The van der Waals surface area contributed by atoms with Crippen LogP contribution < -0.4 is 0 Å². The van der Waals surface area contributed by atoms with Crippen molar-refractivity contribution in [3.05, 3.63) is 97.2 Å². The molecule has 0 aliphatic rings. The number of esters is 3. The molecule has 0 saturated heterocycles. The highest BCUT2D eigenvalue weighted by molar-refractivity contribution is 5.71. The summed E-state index contributed by atoms with van der Waals surface area (Å²) in [5.41, 5.74) is 0. The molecule has 1 unspecified atom stereocenters. The van der Waals surface area contributed by atoms with Crippen LogP contribution in [-0.2, 0) is 28.6 Å². The van der Waals surface area contributed by atoms with Gasteiger partial charge in [0.05, 0.1) is 0 Å². The molecule has 6 heteroatoms. The van der Waals surface area contributed by atoms with Gasteiger partial charge in [-0.15, -0.1) is 0 Å².